The van der Waals surface area contributed by atoms with E-state index in [1.165, 1.54) is 12.1 Å². The third-order valence-corrected chi connectivity index (χ3v) is 3.52. The van der Waals surface area contributed by atoms with Crippen LogP contribution < -0.4 is 5.32 Å². The monoisotopic (exact) mass is 253 g/mol. The highest BCUT2D eigenvalue weighted by Gasteiger charge is 2.37. The van der Waals surface area contributed by atoms with Crippen molar-refractivity contribution >= 4 is 11.7 Å². The van der Waals surface area contributed by atoms with Gasteiger partial charge in [0.05, 0.1) is 17.2 Å². The molecule has 0 spiro atoms. The van der Waals surface area contributed by atoms with Crippen LogP contribution in [0.5, 0.6) is 0 Å². The van der Waals surface area contributed by atoms with E-state index in [0.29, 0.717) is 12.3 Å². The van der Waals surface area contributed by atoms with Gasteiger partial charge in [-0.05, 0) is 38.5 Å². The first-order valence-electron chi connectivity index (χ1n) is 5.85. The van der Waals surface area contributed by atoms with Gasteiger partial charge in [0.25, 0.3) is 0 Å². The number of aromatic carboxylic acids is 1. The molecule has 0 saturated carbocycles. The number of rotatable bonds is 3. The Morgan fingerprint density at radius 3 is 2.89 bits per heavy atom. The average Bonchev–Trinajstić information content (AvgIpc) is 2.61. The molecular formula is C13H16FNO3. The van der Waals surface area contributed by atoms with Gasteiger partial charge in [-0.15, -0.1) is 0 Å². The predicted molar refractivity (Wildman–Crippen MR) is 65.4 cm³/mol. The van der Waals surface area contributed by atoms with Crippen molar-refractivity contribution in [3.8, 4) is 0 Å². The standard InChI is InChI=1S/C13H16FNO3/c1-8-13(2,5-6-18-8)15-11-4-3-9(14)7-10(11)12(16)17/h3-4,7-8,15H,5-6H2,1-2H3,(H,16,17). The number of halogens is 1. The van der Waals surface area contributed by atoms with Crippen molar-refractivity contribution in [3.63, 3.8) is 0 Å². The first-order valence-corrected chi connectivity index (χ1v) is 5.85. The lowest BCUT2D eigenvalue weighted by atomic mass is 9.93. The van der Waals surface area contributed by atoms with Crippen LogP contribution in [0.15, 0.2) is 18.2 Å². The van der Waals surface area contributed by atoms with Crippen LogP contribution >= 0.6 is 0 Å². The Labute approximate surface area is 105 Å². The van der Waals surface area contributed by atoms with Gasteiger partial charge in [-0.25, -0.2) is 9.18 Å². The number of carboxylic acids is 1. The minimum atomic E-state index is -1.15. The lowest BCUT2D eigenvalue weighted by Gasteiger charge is -2.30. The number of anilines is 1. The minimum Gasteiger partial charge on any atom is -0.478 e. The van der Waals surface area contributed by atoms with E-state index in [4.69, 9.17) is 9.84 Å². The molecule has 2 unspecified atom stereocenters. The van der Waals surface area contributed by atoms with Gasteiger partial charge in [0.2, 0.25) is 0 Å². The molecular weight excluding hydrogens is 237 g/mol. The number of hydrogen-bond donors (Lipinski definition) is 2. The van der Waals surface area contributed by atoms with Gasteiger partial charge >= 0.3 is 5.97 Å². The summed E-state index contributed by atoms with van der Waals surface area (Å²) in [4.78, 5) is 11.1. The van der Waals surface area contributed by atoms with Crippen LogP contribution in [0.2, 0.25) is 0 Å². The van der Waals surface area contributed by atoms with Crippen molar-refractivity contribution < 1.29 is 19.0 Å². The summed E-state index contributed by atoms with van der Waals surface area (Å²) in [6.07, 6.45) is 0.758. The number of hydrogen-bond acceptors (Lipinski definition) is 3. The molecule has 5 heteroatoms. The quantitative estimate of drug-likeness (QED) is 0.869. The summed E-state index contributed by atoms with van der Waals surface area (Å²) in [5.74, 6) is -1.70. The van der Waals surface area contributed by atoms with E-state index in [2.05, 4.69) is 5.32 Å². The lowest BCUT2D eigenvalue weighted by molar-refractivity contribution is 0.0696. The van der Waals surface area contributed by atoms with Gasteiger partial charge in [0.1, 0.15) is 5.82 Å². The van der Waals surface area contributed by atoms with Crippen molar-refractivity contribution in [1.82, 2.24) is 0 Å². The first kappa shape index (κ1) is 12.8. The van der Waals surface area contributed by atoms with Gasteiger partial charge in [0.15, 0.2) is 0 Å². The molecule has 0 bridgehead atoms. The SMILES string of the molecule is CC1OCCC1(C)Nc1ccc(F)cc1C(=O)O. The van der Waals surface area contributed by atoms with Crippen molar-refractivity contribution in [2.45, 2.75) is 31.9 Å². The molecule has 0 radical (unpaired) electrons. The average molecular weight is 253 g/mol. The number of carbonyl (C=O) groups is 1. The number of carboxylic acid groups (broad SMARTS) is 1. The lowest BCUT2D eigenvalue weighted by Crippen LogP contribution is -2.41. The Morgan fingerprint density at radius 1 is 1.61 bits per heavy atom. The van der Waals surface area contributed by atoms with Crippen molar-refractivity contribution in [2.75, 3.05) is 11.9 Å². The highest BCUT2D eigenvalue weighted by Crippen LogP contribution is 2.31. The van der Waals surface area contributed by atoms with Gasteiger partial charge in [-0.2, -0.15) is 0 Å². The topological polar surface area (TPSA) is 58.6 Å². The molecule has 1 fully saturated rings. The number of nitrogens with one attached hydrogen (secondary N) is 1. The summed E-state index contributed by atoms with van der Waals surface area (Å²) in [5, 5.41) is 12.2. The van der Waals surface area contributed by atoms with Crippen LogP contribution in [-0.2, 0) is 4.74 Å². The summed E-state index contributed by atoms with van der Waals surface area (Å²) in [6.45, 7) is 4.54. The highest BCUT2D eigenvalue weighted by molar-refractivity contribution is 5.94. The summed E-state index contributed by atoms with van der Waals surface area (Å²) in [7, 11) is 0. The van der Waals surface area contributed by atoms with Crippen LogP contribution in [0.1, 0.15) is 30.6 Å². The molecule has 1 aromatic rings. The molecule has 2 N–H and O–H groups in total. The van der Waals surface area contributed by atoms with E-state index < -0.39 is 11.8 Å². The second-order valence-corrected chi connectivity index (χ2v) is 4.80. The molecule has 0 aliphatic carbocycles. The molecule has 1 saturated heterocycles. The summed E-state index contributed by atoms with van der Waals surface area (Å²) in [6, 6.07) is 3.72. The highest BCUT2D eigenvalue weighted by atomic mass is 19.1. The normalized spacial score (nSPS) is 27.2. The van der Waals surface area contributed by atoms with Gasteiger partial charge in [-0.3, -0.25) is 0 Å². The molecule has 1 aromatic carbocycles. The maximum absolute atomic E-state index is 13.1. The molecule has 2 atom stereocenters. The Hall–Kier alpha value is -1.62. The molecule has 0 amide bonds. The Bertz CT molecular complexity index is 477. The van der Waals surface area contributed by atoms with Gasteiger partial charge in [-0.1, -0.05) is 0 Å². The van der Waals surface area contributed by atoms with E-state index in [1.54, 1.807) is 0 Å². The Kier molecular flexibility index (Phi) is 3.26. The zero-order valence-electron chi connectivity index (χ0n) is 10.4. The van der Waals surface area contributed by atoms with Crippen LogP contribution in [0.25, 0.3) is 0 Å². The summed E-state index contributed by atoms with van der Waals surface area (Å²) in [5.41, 5.74) is 0.0289. The first-order chi connectivity index (χ1) is 8.42. The van der Waals surface area contributed by atoms with Crippen LogP contribution in [0.3, 0.4) is 0 Å². The second-order valence-electron chi connectivity index (χ2n) is 4.80. The van der Waals surface area contributed by atoms with E-state index in [-0.39, 0.29) is 17.2 Å². The maximum Gasteiger partial charge on any atom is 0.337 e. The molecule has 98 valence electrons. The molecule has 18 heavy (non-hydrogen) atoms. The van der Waals surface area contributed by atoms with Crippen molar-refractivity contribution in [3.05, 3.63) is 29.6 Å². The van der Waals surface area contributed by atoms with Crippen LogP contribution in [0, 0.1) is 5.82 Å². The van der Waals surface area contributed by atoms with Gasteiger partial charge < -0.3 is 15.2 Å². The fourth-order valence-corrected chi connectivity index (χ4v) is 2.11. The Morgan fingerprint density at radius 2 is 2.33 bits per heavy atom. The summed E-state index contributed by atoms with van der Waals surface area (Å²) >= 11 is 0. The second kappa shape index (κ2) is 4.57. The maximum atomic E-state index is 13.1. The molecule has 0 aromatic heterocycles. The van der Waals surface area contributed by atoms with Crippen LogP contribution in [-0.4, -0.2) is 29.3 Å². The zero-order valence-corrected chi connectivity index (χ0v) is 10.4. The zero-order chi connectivity index (χ0) is 13.3. The number of ether oxygens (including phenoxy) is 1. The van der Waals surface area contributed by atoms with Crippen LogP contribution in [0.4, 0.5) is 10.1 Å². The molecule has 1 heterocycles. The fourth-order valence-electron chi connectivity index (χ4n) is 2.11. The largest absolute Gasteiger partial charge is 0.478 e. The molecule has 2 rings (SSSR count). The summed E-state index contributed by atoms with van der Waals surface area (Å²) < 4.78 is 18.6. The Balaban J connectivity index is 2.31. The molecule has 1 aliphatic rings. The number of benzene rings is 1. The van der Waals surface area contributed by atoms with E-state index in [9.17, 15) is 9.18 Å². The third-order valence-electron chi connectivity index (χ3n) is 3.52. The van der Waals surface area contributed by atoms with Crippen molar-refractivity contribution in [2.24, 2.45) is 0 Å². The van der Waals surface area contributed by atoms with Crippen molar-refractivity contribution in [1.29, 1.82) is 0 Å². The molecule has 1 aliphatic heterocycles. The van der Waals surface area contributed by atoms with E-state index in [0.717, 1.165) is 12.5 Å². The van der Waals surface area contributed by atoms with E-state index in [1.807, 2.05) is 13.8 Å². The minimum absolute atomic E-state index is 0.0239. The fraction of sp³-hybridized carbons (Fsp3) is 0.462. The third kappa shape index (κ3) is 2.31. The van der Waals surface area contributed by atoms with Gasteiger partial charge in [0, 0.05) is 12.3 Å². The smallest absolute Gasteiger partial charge is 0.337 e. The molecule has 4 nitrogen and oxygen atoms in total. The van der Waals surface area contributed by atoms with E-state index >= 15 is 0 Å². The predicted octanol–water partition coefficient (Wildman–Crippen LogP) is 2.50.